The molecule has 3 nitrogen and oxygen atoms in total. The van der Waals surface area contributed by atoms with Crippen LogP contribution in [0.1, 0.15) is 20.8 Å². The van der Waals surface area contributed by atoms with Crippen molar-refractivity contribution in [3.8, 4) is 0 Å². The molecule has 0 aliphatic carbocycles. The summed E-state index contributed by atoms with van der Waals surface area (Å²) in [6.45, 7) is 8.14. The van der Waals surface area contributed by atoms with E-state index in [0.717, 1.165) is 19.6 Å². The lowest BCUT2D eigenvalue weighted by Gasteiger charge is -2.14. The average molecular weight is 158 g/mol. The van der Waals surface area contributed by atoms with Crippen molar-refractivity contribution in [2.75, 3.05) is 19.6 Å². The number of hydrogen-bond acceptors (Lipinski definition) is 3. The van der Waals surface area contributed by atoms with Gasteiger partial charge in [-0.2, -0.15) is 0 Å². The second kappa shape index (κ2) is 6.31. The van der Waals surface area contributed by atoms with Gasteiger partial charge in [-0.3, -0.25) is 4.79 Å². The minimum absolute atomic E-state index is 0.0139. The second-order valence-electron chi connectivity index (χ2n) is 2.53. The average Bonchev–Trinajstić information content (AvgIpc) is 1.97. The Labute approximate surface area is 68.6 Å². The van der Waals surface area contributed by atoms with Crippen LogP contribution in [-0.2, 0) is 4.79 Å². The highest BCUT2D eigenvalue weighted by molar-refractivity contribution is 5.81. The monoisotopic (exact) mass is 158 g/mol. The first kappa shape index (κ1) is 10.6. The predicted octanol–water partition coefficient (Wildman–Crippen LogP) is 0.163. The Hall–Kier alpha value is -0.410. The van der Waals surface area contributed by atoms with Crippen molar-refractivity contribution < 1.29 is 4.79 Å². The molecular weight excluding hydrogens is 140 g/mol. The van der Waals surface area contributed by atoms with Gasteiger partial charge in [-0.15, -0.1) is 0 Å². The van der Waals surface area contributed by atoms with Gasteiger partial charge in [0, 0.05) is 6.54 Å². The number of hydrogen-bond donors (Lipinski definition) is 2. The summed E-state index contributed by atoms with van der Waals surface area (Å²) >= 11 is 0. The first-order chi connectivity index (χ1) is 5.22. The summed E-state index contributed by atoms with van der Waals surface area (Å²) in [6.07, 6.45) is 0. The van der Waals surface area contributed by atoms with Gasteiger partial charge >= 0.3 is 0 Å². The van der Waals surface area contributed by atoms with E-state index in [2.05, 4.69) is 10.6 Å². The molecule has 66 valence electrons. The first-order valence-electron chi connectivity index (χ1n) is 4.16. The standard InChI is InChI=1S/C8H18N2O/c1-4-9-6-8(7(3)11)10-5-2/h8-10H,4-6H2,1-3H3/t8-/m1/s1. The predicted molar refractivity (Wildman–Crippen MR) is 46.7 cm³/mol. The Morgan fingerprint density at radius 3 is 2.36 bits per heavy atom. The van der Waals surface area contributed by atoms with Crippen molar-refractivity contribution in [3.05, 3.63) is 0 Å². The third kappa shape index (κ3) is 4.93. The summed E-state index contributed by atoms with van der Waals surface area (Å²) < 4.78 is 0. The van der Waals surface area contributed by atoms with Crippen molar-refractivity contribution in [2.45, 2.75) is 26.8 Å². The zero-order valence-electron chi connectivity index (χ0n) is 7.61. The van der Waals surface area contributed by atoms with E-state index < -0.39 is 0 Å². The van der Waals surface area contributed by atoms with Crippen LogP contribution in [0, 0.1) is 0 Å². The molecule has 0 aliphatic heterocycles. The van der Waals surface area contributed by atoms with Gasteiger partial charge in [-0.1, -0.05) is 13.8 Å². The van der Waals surface area contributed by atoms with Crippen molar-refractivity contribution in [2.24, 2.45) is 0 Å². The summed E-state index contributed by atoms with van der Waals surface area (Å²) in [5.41, 5.74) is 0. The third-order valence-electron chi connectivity index (χ3n) is 1.54. The quantitative estimate of drug-likeness (QED) is 0.578. The Kier molecular flexibility index (Phi) is 6.07. The van der Waals surface area contributed by atoms with E-state index in [9.17, 15) is 4.79 Å². The zero-order chi connectivity index (χ0) is 8.69. The fourth-order valence-corrected chi connectivity index (χ4v) is 0.895. The topological polar surface area (TPSA) is 41.1 Å². The molecule has 3 heteroatoms. The number of rotatable bonds is 6. The van der Waals surface area contributed by atoms with Crippen molar-refractivity contribution in [1.29, 1.82) is 0 Å². The van der Waals surface area contributed by atoms with Crippen LogP contribution in [0.2, 0.25) is 0 Å². The Bertz CT molecular complexity index is 115. The number of carbonyl (C=O) groups is 1. The lowest BCUT2D eigenvalue weighted by Crippen LogP contribution is -2.43. The highest BCUT2D eigenvalue weighted by Gasteiger charge is 2.10. The summed E-state index contributed by atoms with van der Waals surface area (Å²) in [5.74, 6) is 0.202. The van der Waals surface area contributed by atoms with Gasteiger partial charge in [0.2, 0.25) is 0 Å². The molecular formula is C8H18N2O. The van der Waals surface area contributed by atoms with E-state index in [1.807, 2.05) is 13.8 Å². The molecule has 0 unspecified atom stereocenters. The molecule has 0 aliphatic rings. The molecule has 0 aromatic rings. The van der Waals surface area contributed by atoms with Crippen LogP contribution >= 0.6 is 0 Å². The molecule has 0 bridgehead atoms. The number of nitrogens with one attached hydrogen (secondary N) is 2. The van der Waals surface area contributed by atoms with E-state index in [4.69, 9.17) is 0 Å². The number of likely N-dealkylation sites (N-methyl/N-ethyl adjacent to an activating group) is 2. The SMILES string of the molecule is CCNC[C@@H](NCC)C(C)=O. The number of carbonyl (C=O) groups excluding carboxylic acids is 1. The zero-order valence-corrected chi connectivity index (χ0v) is 7.61. The molecule has 0 rings (SSSR count). The van der Waals surface area contributed by atoms with Gasteiger partial charge in [0.05, 0.1) is 6.04 Å². The lowest BCUT2D eigenvalue weighted by atomic mass is 10.2. The van der Waals surface area contributed by atoms with Crippen LogP contribution in [0.5, 0.6) is 0 Å². The third-order valence-corrected chi connectivity index (χ3v) is 1.54. The fourth-order valence-electron chi connectivity index (χ4n) is 0.895. The molecule has 11 heavy (non-hydrogen) atoms. The molecule has 0 heterocycles. The van der Waals surface area contributed by atoms with Crippen LogP contribution in [-0.4, -0.2) is 31.5 Å². The minimum atomic E-state index is -0.0139. The molecule has 2 N–H and O–H groups in total. The summed E-state index contributed by atoms with van der Waals surface area (Å²) in [6, 6.07) is -0.0139. The highest BCUT2D eigenvalue weighted by Crippen LogP contribution is 1.83. The Balaban J connectivity index is 3.60. The molecule has 0 amide bonds. The normalized spacial score (nSPS) is 13.0. The Morgan fingerprint density at radius 2 is 2.00 bits per heavy atom. The van der Waals surface area contributed by atoms with Crippen LogP contribution < -0.4 is 10.6 Å². The largest absolute Gasteiger partial charge is 0.315 e. The van der Waals surface area contributed by atoms with Crippen LogP contribution in [0.4, 0.5) is 0 Å². The van der Waals surface area contributed by atoms with E-state index in [1.54, 1.807) is 6.92 Å². The molecule has 0 aromatic heterocycles. The maximum atomic E-state index is 10.9. The van der Waals surface area contributed by atoms with Crippen molar-refractivity contribution >= 4 is 5.78 Å². The molecule has 0 radical (unpaired) electrons. The minimum Gasteiger partial charge on any atom is -0.315 e. The summed E-state index contributed by atoms with van der Waals surface area (Å²) in [5, 5.41) is 6.24. The second-order valence-corrected chi connectivity index (χ2v) is 2.53. The van der Waals surface area contributed by atoms with Gasteiger partial charge < -0.3 is 10.6 Å². The molecule has 1 atom stereocenters. The van der Waals surface area contributed by atoms with Gasteiger partial charge in [-0.25, -0.2) is 0 Å². The molecule has 0 spiro atoms. The maximum Gasteiger partial charge on any atom is 0.147 e. The van der Waals surface area contributed by atoms with E-state index in [1.165, 1.54) is 0 Å². The van der Waals surface area contributed by atoms with E-state index >= 15 is 0 Å². The van der Waals surface area contributed by atoms with Crippen LogP contribution in [0.25, 0.3) is 0 Å². The molecule has 0 saturated heterocycles. The molecule has 0 saturated carbocycles. The summed E-state index contributed by atoms with van der Waals surface area (Å²) in [7, 11) is 0. The van der Waals surface area contributed by atoms with Gasteiger partial charge in [0.15, 0.2) is 0 Å². The Morgan fingerprint density at radius 1 is 1.36 bits per heavy atom. The lowest BCUT2D eigenvalue weighted by molar-refractivity contribution is -0.118. The molecule has 0 aromatic carbocycles. The van der Waals surface area contributed by atoms with E-state index in [-0.39, 0.29) is 11.8 Å². The van der Waals surface area contributed by atoms with Crippen molar-refractivity contribution in [3.63, 3.8) is 0 Å². The van der Waals surface area contributed by atoms with Gasteiger partial charge in [0.25, 0.3) is 0 Å². The first-order valence-corrected chi connectivity index (χ1v) is 4.16. The molecule has 0 fully saturated rings. The van der Waals surface area contributed by atoms with Gasteiger partial charge in [0.1, 0.15) is 5.78 Å². The van der Waals surface area contributed by atoms with Crippen molar-refractivity contribution in [1.82, 2.24) is 10.6 Å². The highest BCUT2D eigenvalue weighted by atomic mass is 16.1. The maximum absolute atomic E-state index is 10.9. The number of Topliss-reactive ketones (excluding diaryl/α,β-unsaturated/α-hetero) is 1. The van der Waals surface area contributed by atoms with Gasteiger partial charge in [-0.05, 0) is 20.0 Å². The fraction of sp³-hybridized carbons (Fsp3) is 0.875. The van der Waals surface area contributed by atoms with Crippen LogP contribution in [0.3, 0.4) is 0 Å². The van der Waals surface area contributed by atoms with E-state index in [0.29, 0.717) is 0 Å². The number of ketones is 1. The van der Waals surface area contributed by atoms with Crippen LogP contribution in [0.15, 0.2) is 0 Å². The summed E-state index contributed by atoms with van der Waals surface area (Å²) in [4.78, 5) is 10.9. The smallest absolute Gasteiger partial charge is 0.147 e.